The van der Waals surface area contributed by atoms with E-state index in [2.05, 4.69) is 5.32 Å². The molecule has 2 saturated carbocycles. The van der Waals surface area contributed by atoms with E-state index in [1.807, 2.05) is 7.05 Å². The summed E-state index contributed by atoms with van der Waals surface area (Å²) in [5, 5.41) is 3.34. The molecule has 2 atom stereocenters. The van der Waals surface area contributed by atoms with Crippen LogP contribution in [0.3, 0.4) is 0 Å². The highest BCUT2D eigenvalue weighted by Crippen LogP contribution is 2.53. The molecule has 0 radical (unpaired) electrons. The van der Waals surface area contributed by atoms with Gasteiger partial charge in [-0.25, -0.2) is 0 Å². The first-order valence-electron chi connectivity index (χ1n) is 5.67. The average Bonchev–Trinajstić information content (AvgIpc) is 2.81. The van der Waals surface area contributed by atoms with Gasteiger partial charge in [0.05, 0.1) is 13.2 Å². The summed E-state index contributed by atoms with van der Waals surface area (Å²) >= 11 is 0. The zero-order valence-electron chi connectivity index (χ0n) is 9.04. The lowest BCUT2D eigenvalue weighted by molar-refractivity contribution is -0.157. The smallest absolute Gasteiger partial charge is 0.170 e. The molecule has 1 heterocycles. The van der Waals surface area contributed by atoms with Gasteiger partial charge in [0.15, 0.2) is 5.79 Å². The molecule has 3 fully saturated rings. The van der Waals surface area contributed by atoms with E-state index in [1.165, 1.54) is 0 Å². The zero-order chi connectivity index (χ0) is 10.5. The fourth-order valence-corrected chi connectivity index (χ4v) is 3.54. The van der Waals surface area contributed by atoms with E-state index in [1.54, 1.807) is 0 Å². The molecule has 1 spiro atoms. The summed E-state index contributed by atoms with van der Waals surface area (Å²) < 4.78 is 11.5. The average molecular weight is 211 g/mol. The maximum atomic E-state index is 11.5. The molecule has 0 unspecified atom stereocenters. The molecule has 4 nitrogen and oxygen atoms in total. The summed E-state index contributed by atoms with van der Waals surface area (Å²) in [5.74, 6) is 0.393. The van der Waals surface area contributed by atoms with Crippen molar-refractivity contribution in [1.82, 2.24) is 5.32 Å². The molecule has 0 aromatic rings. The minimum atomic E-state index is -0.381. The number of hydrogen-bond acceptors (Lipinski definition) is 4. The summed E-state index contributed by atoms with van der Waals surface area (Å²) in [6.07, 6.45) is 3.03. The van der Waals surface area contributed by atoms with Crippen LogP contribution in [0.4, 0.5) is 0 Å². The molecule has 0 aromatic heterocycles. The molecule has 1 aliphatic heterocycles. The summed E-state index contributed by atoms with van der Waals surface area (Å²) in [4.78, 5) is 11.5. The molecular formula is C11H17NO3. The highest BCUT2D eigenvalue weighted by atomic mass is 16.7. The van der Waals surface area contributed by atoms with Crippen LogP contribution in [0.1, 0.15) is 25.7 Å². The highest BCUT2D eigenvalue weighted by Gasteiger charge is 2.60. The number of ketones is 1. The molecule has 0 amide bonds. The second kappa shape index (κ2) is 3.03. The van der Waals surface area contributed by atoms with Crippen LogP contribution in [0.25, 0.3) is 0 Å². The Bertz CT molecular complexity index is 298. The van der Waals surface area contributed by atoms with E-state index in [-0.39, 0.29) is 11.3 Å². The Kier molecular flexibility index (Phi) is 1.97. The maximum Gasteiger partial charge on any atom is 0.170 e. The fourth-order valence-electron chi connectivity index (χ4n) is 3.54. The van der Waals surface area contributed by atoms with E-state index in [4.69, 9.17) is 9.47 Å². The Hall–Kier alpha value is -0.450. The van der Waals surface area contributed by atoms with Gasteiger partial charge in [-0.2, -0.15) is 0 Å². The van der Waals surface area contributed by atoms with Crippen molar-refractivity contribution in [3.05, 3.63) is 0 Å². The molecule has 0 aromatic carbocycles. The van der Waals surface area contributed by atoms with Gasteiger partial charge >= 0.3 is 0 Å². The molecule has 3 rings (SSSR count). The number of ether oxygens (including phenoxy) is 2. The van der Waals surface area contributed by atoms with Crippen molar-refractivity contribution in [3.8, 4) is 0 Å². The predicted molar refractivity (Wildman–Crippen MR) is 53.4 cm³/mol. The van der Waals surface area contributed by atoms with Gasteiger partial charge in [0, 0.05) is 31.2 Å². The monoisotopic (exact) mass is 211 g/mol. The van der Waals surface area contributed by atoms with Crippen LogP contribution < -0.4 is 5.32 Å². The summed E-state index contributed by atoms with van der Waals surface area (Å²) in [5.41, 5.74) is -0.0541. The largest absolute Gasteiger partial charge is 0.347 e. The standard InChI is InChI=1S/C11H17NO3/c1-12-10-6-9(13)4-8(10)5-11(7-10)14-2-3-15-11/h8,12H,2-7H2,1H3/t8-,10-/m0/s1. The summed E-state index contributed by atoms with van der Waals surface area (Å²) in [6.45, 7) is 1.39. The van der Waals surface area contributed by atoms with Gasteiger partial charge in [-0.05, 0) is 13.0 Å². The summed E-state index contributed by atoms with van der Waals surface area (Å²) in [6, 6.07) is 0. The number of nitrogens with one attached hydrogen (secondary N) is 1. The predicted octanol–water partition coefficient (Wildman–Crippen LogP) is 0.461. The second-order valence-corrected chi connectivity index (χ2v) is 5.01. The SMILES string of the molecule is CN[C@]12CC(=O)C[C@H]1CC1(C2)OCCO1. The van der Waals surface area contributed by atoms with Crippen LogP contribution >= 0.6 is 0 Å². The first kappa shape index (κ1) is 9.75. The van der Waals surface area contributed by atoms with Crippen LogP contribution in [0, 0.1) is 5.92 Å². The number of rotatable bonds is 1. The number of fused-ring (bicyclic) bond motifs is 1. The molecule has 2 aliphatic carbocycles. The van der Waals surface area contributed by atoms with Crippen molar-refractivity contribution in [1.29, 1.82) is 0 Å². The normalized spacial score (nSPS) is 42.7. The zero-order valence-corrected chi connectivity index (χ0v) is 9.04. The third kappa shape index (κ3) is 1.28. The molecule has 1 N–H and O–H groups in total. The third-order valence-electron chi connectivity index (χ3n) is 4.22. The van der Waals surface area contributed by atoms with Crippen LogP contribution in [0.2, 0.25) is 0 Å². The van der Waals surface area contributed by atoms with E-state index < -0.39 is 0 Å². The number of carbonyl (C=O) groups excluding carboxylic acids is 1. The molecule has 15 heavy (non-hydrogen) atoms. The van der Waals surface area contributed by atoms with Crippen molar-refractivity contribution in [2.24, 2.45) is 5.92 Å². The van der Waals surface area contributed by atoms with Crippen molar-refractivity contribution in [3.63, 3.8) is 0 Å². The van der Waals surface area contributed by atoms with Crippen molar-refractivity contribution < 1.29 is 14.3 Å². The molecular weight excluding hydrogens is 194 g/mol. The number of hydrogen-bond donors (Lipinski definition) is 1. The van der Waals surface area contributed by atoms with Crippen LogP contribution in [-0.2, 0) is 14.3 Å². The van der Waals surface area contributed by atoms with Crippen LogP contribution in [-0.4, -0.2) is 37.4 Å². The van der Waals surface area contributed by atoms with Gasteiger partial charge in [0.1, 0.15) is 5.78 Å². The van der Waals surface area contributed by atoms with Crippen molar-refractivity contribution in [2.45, 2.75) is 37.0 Å². The highest BCUT2D eigenvalue weighted by molar-refractivity contribution is 5.83. The quantitative estimate of drug-likeness (QED) is 0.684. The topological polar surface area (TPSA) is 47.6 Å². The lowest BCUT2D eigenvalue weighted by atomic mass is 9.91. The maximum absolute atomic E-state index is 11.5. The molecule has 1 saturated heterocycles. The van der Waals surface area contributed by atoms with E-state index in [0.29, 0.717) is 37.8 Å². The van der Waals surface area contributed by atoms with Gasteiger partial charge in [-0.15, -0.1) is 0 Å². The fraction of sp³-hybridized carbons (Fsp3) is 0.909. The lowest BCUT2D eigenvalue weighted by Crippen LogP contribution is -2.44. The van der Waals surface area contributed by atoms with Gasteiger partial charge in [0.25, 0.3) is 0 Å². The van der Waals surface area contributed by atoms with E-state index >= 15 is 0 Å². The first-order chi connectivity index (χ1) is 7.18. The van der Waals surface area contributed by atoms with E-state index in [9.17, 15) is 4.79 Å². The van der Waals surface area contributed by atoms with Gasteiger partial charge in [-0.3, -0.25) is 4.79 Å². The van der Waals surface area contributed by atoms with E-state index in [0.717, 1.165) is 12.8 Å². The molecule has 84 valence electrons. The Morgan fingerprint density at radius 2 is 2.13 bits per heavy atom. The Balaban J connectivity index is 1.87. The van der Waals surface area contributed by atoms with Crippen molar-refractivity contribution in [2.75, 3.05) is 20.3 Å². The molecule has 3 aliphatic rings. The van der Waals surface area contributed by atoms with Crippen LogP contribution in [0.15, 0.2) is 0 Å². The minimum Gasteiger partial charge on any atom is -0.347 e. The van der Waals surface area contributed by atoms with Gasteiger partial charge in [-0.1, -0.05) is 0 Å². The lowest BCUT2D eigenvalue weighted by Gasteiger charge is -2.29. The van der Waals surface area contributed by atoms with Gasteiger partial charge in [0.2, 0.25) is 0 Å². The third-order valence-corrected chi connectivity index (χ3v) is 4.22. The molecule has 4 heteroatoms. The number of carbonyl (C=O) groups is 1. The second-order valence-electron chi connectivity index (χ2n) is 5.01. The van der Waals surface area contributed by atoms with Gasteiger partial charge < -0.3 is 14.8 Å². The Morgan fingerprint density at radius 1 is 1.40 bits per heavy atom. The molecule has 0 bridgehead atoms. The Morgan fingerprint density at radius 3 is 2.73 bits per heavy atom. The summed E-state index contributed by atoms with van der Waals surface area (Å²) in [7, 11) is 1.94. The van der Waals surface area contributed by atoms with Crippen LogP contribution in [0.5, 0.6) is 0 Å². The minimum absolute atomic E-state index is 0.0541. The Labute approximate surface area is 89.3 Å². The number of Topliss-reactive ketones (excluding diaryl/α,β-unsaturated/α-hetero) is 1. The first-order valence-corrected chi connectivity index (χ1v) is 5.67. The van der Waals surface area contributed by atoms with Crippen molar-refractivity contribution >= 4 is 5.78 Å².